The predicted molar refractivity (Wildman–Crippen MR) is 66.0 cm³/mol. The molecule has 0 N–H and O–H groups in total. The second-order valence-corrected chi connectivity index (χ2v) is 7.18. The van der Waals surface area contributed by atoms with Gasteiger partial charge in [0.1, 0.15) is 0 Å². The van der Waals surface area contributed by atoms with Gasteiger partial charge in [-0.3, -0.25) is 0 Å². The lowest BCUT2D eigenvalue weighted by molar-refractivity contribution is 0.179. The largest absolute Gasteiger partial charge is 0.502 e. The zero-order valence-electron chi connectivity index (χ0n) is 10.1. The number of ether oxygens (including phenoxy) is 1. The van der Waals surface area contributed by atoms with Crippen molar-refractivity contribution in [3.05, 3.63) is 12.8 Å². The summed E-state index contributed by atoms with van der Waals surface area (Å²) in [5.41, 5.74) is -0.123. The van der Waals surface area contributed by atoms with Crippen LogP contribution in [0.4, 0.5) is 0 Å². The average Bonchev–Trinajstić information content (AvgIpc) is 2.14. The van der Waals surface area contributed by atoms with E-state index in [4.69, 9.17) is 4.74 Å². The molecule has 1 aliphatic rings. The third kappa shape index (κ3) is 4.56. The van der Waals surface area contributed by atoms with Crippen molar-refractivity contribution in [2.45, 2.75) is 39.0 Å². The van der Waals surface area contributed by atoms with E-state index in [1.165, 1.54) is 6.26 Å². The molecule has 0 spiro atoms. The van der Waals surface area contributed by atoms with E-state index in [-0.39, 0.29) is 5.41 Å². The third-order valence-corrected chi connectivity index (χ3v) is 5.29. The maximum Gasteiger partial charge on any atom is 0.150 e. The molecule has 0 aromatic carbocycles. The fourth-order valence-corrected chi connectivity index (χ4v) is 4.45. The fraction of sp³-hybridized carbons (Fsp3) is 0.833. The van der Waals surface area contributed by atoms with E-state index in [2.05, 4.69) is 13.5 Å². The first-order valence-corrected chi connectivity index (χ1v) is 7.73. The molecule has 0 bridgehead atoms. The Hall–Kier alpha value is -0.510. The Morgan fingerprint density at radius 3 is 2.81 bits per heavy atom. The molecule has 0 radical (unpaired) electrons. The molecule has 1 rings (SSSR count). The fourth-order valence-electron chi connectivity index (χ4n) is 2.31. The summed E-state index contributed by atoms with van der Waals surface area (Å²) in [7, 11) is -2.87. The summed E-state index contributed by atoms with van der Waals surface area (Å²) in [6, 6.07) is 0. The Morgan fingerprint density at radius 2 is 2.12 bits per heavy atom. The average molecular weight is 246 g/mol. The van der Waals surface area contributed by atoms with Crippen LogP contribution in [0.25, 0.3) is 0 Å². The van der Waals surface area contributed by atoms with Crippen LogP contribution in [0, 0.1) is 5.41 Å². The highest BCUT2D eigenvalue weighted by atomic mass is 32.2. The molecular weight excluding hydrogens is 224 g/mol. The molecule has 1 aliphatic heterocycles. The van der Waals surface area contributed by atoms with E-state index in [9.17, 15) is 8.42 Å². The Balaban J connectivity index is 2.62. The van der Waals surface area contributed by atoms with Gasteiger partial charge in [-0.2, -0.15) is 0 Å². The molecular formula is C12H22O3S. The minimum absolute atomic E-state index is 0.123. The molecule has 1 unspecified atom stereocenters. The smallest absolute Gasteiger partial charge is 0.150 e. The molecule has 1 fully saturated rings. The van der Waals surface area contributed by atoms with Crippen LogP contribution >= 0.6 is 0 Å². The van der Waals surface area contributed by atoms with Gasteiger partial charge in [0.05, 0.1) is 24.4 Å². The summed E-state index contributed by atoms with van der Waals surface area (Å²) in [5.74, 6) is 0.658. The summed E-state index contributed by atoms with van der Waals surface area (Å²) in [6.07, 6.45) is 6.16. The zero-order valence-corrected chi connectivity index (χ0v) is 10.9. The highest BCUT2D eigenvalue weighted by Crippen LogP contribution is 2.32. The highest BCUT2D eigenvalue weighted by molar-refractivity contribution is 7.91. The molecule has 4 heteroatoms. The third-order valence-electron chi connectivity index (χ3n) is 3.25. The van der Waals surface area contributed by atoms with Gasteiger partial charge in [0, 0.05) is 0 Å². The van der Waals surface area contributed by atoms with Crippen LogP contribution in [0.5, 0.6) is 0 Å². The summed E-state index contributed by atoms with van der Waals surface area (Å²) in [4.78, 5) is 0. The van der Waals surface area contributed by atoms with Crippen molar-refractivity contribution in [2.75, 3.05) is 18.1 Å². The van der Waals surface area contributed by atoms with Crippen molar-refractivity contribution in [2.24, 2.45) is 5.41 Å². The van der Waals surface area contributed by atoms with Crippen LogP contribution in [0.3, 0.4) is 0 Å². The lowest BCUT2D eigenvalue weighted by atomic mass is 9.83. The topological polar surface area (TPSA) is 43.4 Å². The molecule has 94 valence electrons. The second-order valence-electron chi connectivity index (χ2n) is 5.00. The molecule has 0 amide bonds. The van der Waals surface area contributed by atoms with Crippen molar-refractivity contribution in [3.63, 3.8) is 0 Å². The van der Waals surface area contributed by atoms with Crippen molar-refractivity contribution >= 4 is 9.84 Å². The molecule has 0 aromatic heterocycles. The van der Waals surface area contributed by atoms with Crippen LogP contribution in [0.1, 0.15) is 39.0 Å². The van der Waals surface area contributed by atoms with E-state index in [1.807, 2.05) is 0 Å². The van der Waals surface area contributed by atoms with E-state index in [0.717, 1.165) is 32.1 Å². The van der Waals surface area contributed by atoms with E-state index in [1.54, 1.807) is 0 Å². The Kier molecular flexibility index (Phi) is 4.84. The van der Waals surface area contributed by atoms with Gasteiger partial charge >= 0.3 is 0 Å². The zero-order chi connectivity index (χ0) is 12.1. The number of hydrogen-bond acceptors (Lipinski definition) is 3. The second kappa shape index (κ2) is 5.71. The van der Waals surface area contributed by atoms with E-state index >= 15 is 0 Å². The standard InChI is InChI=1S/C12H22O3S/c1-3-15-9-8-12(2)7-5-4-6-10-16(13,14)11-12/h3H,1,4-11H2,2H3. The normalized spacial score (nSPS) is 30.1. The van der Waals surface area contributed by atoms with Crippen LogP contribution < -0.4 is 0 Å². The summed E-state index contributed by atoms with van der Waals surface area (Å²) < 4.78 is 28.7. The van der Waals surface area contributed by atoms with Gasteiger partial charge < -0.3 is 4.74 Å². The number of hydrogen-bond donors (Lipinski definition) is 0. The van der Waals surface area contributed by atoms with Crippen molar-refractivity contribution < 1.29 is 13.2 Å². The van der Waals surface area contributed by atoms with Gasteiger partial charge in [-0.15, -0.1) is 0 Å². The Morgan fingerprint density at radius 1 is 1.38 bits per heavy atom. The first-order valence-electron chi connectivity index (χ1n) is 5.90. The van der Waals surface area contributed by atoms with Gasteiger partial charge in [-0.1, -0.05) is 26.3 Å². The number of rotatable bonds is 4. The molecule has 3 nitrogen and oxygen atoms in total. The summed E-state index contributed by atoms with van der Waals surface area (Å²) >= 11 is 0. The van der Waals surface area contributed by atoms with Crippen molar-refractivity contribution in [1.29, 1.82) is 0 Å². The SMILES string of the molecule is C=COCCC1(C)CCCCCS(=O)(=O)C1. The number of sulfone groups is 1. The highest BCUT2D eigenvalue weighted by Gasteiger charge is 2.31. The summed E-state index contributed by atoms with van der Waals surface area (Å²) in [6.45, 7) is 6.11. The van der Waals surface area contributed by atoms with Crippen molar-refractivity contribution in [3.8, 4) is 0 Å². The van der Waals surface area contributed by atoms with Gasteiger partial charge in [-0.25, -0.2) is 8.42 Å². The molecule has 0 aromatic rings. The lowest BCUT2D eigenvalue weighted by Gasteiger charge is -2.30. The molecule has 16 heavy (non-hydrogen) atoms. The first-order chi connectivity index (χ1) is 7.47. The predicted octanol–water partition coefficient (Wildman–Crippen LogP) is 2.53. The van der Waals surface area contributed by atoms with E-state index < -0.39 is 9.84 Å². The van der Waals surface area contributed by atoms with Gasteiger partial charge in [0.2, 0.25) is 0 Å². The van der Waals surface area contributed by atoms with E-state index in [0.29, 0.717) is 18.1 Å². The molecule has 1 heterocycles. The first kappa shape index (κ1) is 13.6. The van der Waals surface area contributed by atoms with Crippen LogP contribution in [-0.4, -0.2) is 26.5 Å². The maximum absolute atomic E-state index is 11.8. The van der Waals surface area contributed by atoms with Crippen molar-refractivity contribution in [1.82, 2.24) is 0 Å². The maximum atomic E-state index is 11.8. The molecule has 1 saturated heterocycles. The molecule has 0 saturated carbocycles. The summed E-state index contributed by atoms with van der Waals surface area (Å²) in [5, 5.41) is 0. The quantitative estimate of drug-likeness (QED) is 0.565. The minimum Gasteiger partial charge on any atom is -0.502 e. The van der Waals surface area contributed by atoms with Crippen LogP contribution in [0.2, 0.25) is 0 Å². The van der Waals surface area contributed by atoms with Crippen LogP contribution in [0.15, 0.2) is 12.8 Å². The molecule has 1 atom stereocenters. The van der Waals surface area contributed by atoms with Crippen LogP contribution in [-0.2, 0) is 14.6 Å². The van der Waals surface area contributed by atoms with Gasteiger partial charge in [0.25, 0.3) is 0 Å². The lowest BCUT2D eigenvalue weighted by Crippen LogP contribution is -2.31. The minimum atomic E-state index is -2.87. The molecule has 0 aliphatic carbocycles. The Labute approximate surface area is 98.8 Å². The Bertz CT molecular complexity index is 321. The van der Waals surface area contributed by atoms with Gasteiger partial charge in [-0.05, 0) is 24.7 Å². The van der Waals surface area contributed by atoms with Gasteiger partial charge in [0.15, 0.2) is 9.84 Å². The monoisotopic (exact) mass is 246 g/mol.